The van der Waals surface area contributed by atoms with Crippen molar-refractivity contribution in [1.29, 1.82) is 0 Å². The number of hydrogen-bond acceptors (Lipinski definition) is 7. The van der Waals surface area contributed by atoms with Crippen LogP contribution < -0.4 is 10.2 Å². The summed E-state index contributed by atoms with van der Waals surface area (Å²) >= 11 is 0. The highest BCUT2D eigenvalue weighted by Crippen LogP contribution is 2.38. The van der Waals surface area contributed by atoms with Crippen molar-refractivity contribution in [2.75, 3.05) is 40.9 Å². The summed E-state index contributed by atoms with van der Waals surface area (Å²) in [5, 5.41) is 3.01. The van der Waals surface area contributed by atoms with Crippen molar-refractivity contribution >= 4 is 19.7 Å². The molecule has 0 aromatic carbocycles. The van der Waals surface area contributed by atoms with E-state index in [9.17, 15) is 19.0 Å². The number of phosphoric ester groups is 1. The van der Waals surface area contributed by atoms with Gasteiger partial charge in [0.2, 0.25) is 5.91 Å². The van der Waals surface area contributed by atoms with Crippen LogP contribution in [0.5, 0.6) is 0 Å². The smallest absolute Gasteiger partial charge is 0.306 e. The topological polar surface area (TPSA) is 114 Å². The number of rotatable bonds is 56. The fraction of sp³-hybridized carbons (Fsp3) is 0.812. The first kappa shape index (κ1) is 71.7. The number of esters is 1. The lowest BCUT2D eigenvalue weighted by atomic mass is 10.0. The first-order valence-electron chi connectivity index (χ1n) is 31.1. The number of nitrogens with one attached hydrogen (secondary N) is 1. The Hall–Kier alpha value is -2.29. The lowest BCUT2D eigenvalue weighted by Gasteiger charge is -2.30. The number of phosphoric acid groups is 1. The lowest BCUT2D eigenvalue weighted by molar-refractivity contribution is -0.870. The molecule has 0 saturated carbocycles. The normalized spacial score (nSPS) is 14.1. The van der Waals surface area contributed by atoms with Crippen LogP contribution >= 0.6 is 7.82 Å². The van der Waals surface area contributed by atoms with Gasteiger partial charge in [-0.15, -0.1) is 0 Å². The SMILES string of the molecule is CCCCC/C=C\C/C=C\CCCCCCCCCCCCCCCC(=O)NC(COP(=O)([O-])OCC[N+](C)(C)C)C(/C=C\CCCCCCCCCCCC)OC(=O)CC/C=C/C/C=C\CCCCCCCC. The van der Waals surface area contributed by atoms with E-state index in [4.69, 9.17) is 13.8 Å². The average Bonchev–Trinajstić information content (AvgIpc) is 3.36. The van der Waals surface area contributed by atoms with Crippen molar-refractivity contribution in [3.05, 3.63) is 60.8 Å². The summed E-state index contributed by atoms with van der Waals surface area (Å²) in [4.78, 5) is 39.9. The summed E-state index contributed by atoms with van der Waals surface area (Å²) in [7, 11) is 1.16. The average molecular weight is 1060 g/mol. The Labute approximate surface area is 458 Å². The summed E-state index contributed by atoms with van der Waals surface area (Å²) < 4.78 is 30.2. The third kappa shape index (κ3) is 54.5. The van der Waals surface area contributed by atoms with Crippen LogP contribution in [0, 0.1) is 0 Å². The standard InChI is InChI=1S/C64H119N2O7P/c1-7-10-13-16-19-22-25-28-29-30-31-32-33-34-35-36-37-39-41-44-47-50-53-56-63(67)65-61(60-72-74(69,70)71-59-58-66(4,5)6)62(55-52-49-46-43-40-27-24-21-18-15-12-9-3)73-64(68)57-54-51-48-45-42-38-26-23-20-17-14-11-8-2/h19,22,28-29,38,42,48,51-52,55,61-62H,7-18,20-21,23-27,30-37,39-41,43-47,49-50,53-54,56-60H2,1-6H3,(H-,65,67,69,70)/b22-19-,29-28-,42-38-,51-48+,55-52-. The molecule has 0 heterocycles. The number of nitrogens with zero attached hydrogens (tertiary/aromatic N) is 1. The van der Waals surface area contributed by atoms with Crippen LogP contribution in [-0.2, 0) is 27.9 Å². The van der Waals surface area contributed by atoms with Crippen molar-refractivity contribution in [3.8, 4) is 0 Å². The number of carbonyl (C=O) groups is 2. The van der Waals surface area contributed by atoms with Gasteiger partial charge in [-0.2, -0.15) is 0 Å². The Morgan fingerprint density at radius 2 is 0.838 bits per heavy atom. The van der Waals surface area contributed by atoms with Crippen LogP contribution in [0.2, 0.25) is 0 Å². The van der Waals surface area contributed by atoms with Gasteiger partial charge < -0.3 is 28.5 Å². The molecule has 0 radical (unpaired) electrons. The molecule has 0 rings (SSSR count). The van der Waals surface area contributed by atoms with E-state index in [1.165, 1.54) is 186 Å². The van der Waals surface area contributed by atoms with Crippen LogP contribution in [0.3, 0.4) is 0 Å². The molecule has 1 N–H and O–H groups in total. The van der Waals surface area contributed by atoms with E-state index in [0.717, 1.165) is 57.8 Å². The Balaban J connectivity index is 5.19. The second-order valence-electron chi connectivity index (χ2n) is 22.2. The van der Waals surface area contributed by atoms with E-state index in [2.05, 4.69) is 68.6 Å². The van der Waals surface area contributed by atoms with Gasteiger partial charge in [-0.05, 0) is 83.1 Å². The summed E-state index contributed by atoms with van der Waals surface area (Å²) in [6.45, 7) is 6.78. The van der Waals surface area contributed by atoms with Crippen LogP contribution in [0.25, 0.3) is 0 Å². The molecule has 9 nitrogen and oxygen atoms in total. The highest BCUT2D eigenvalue weighted by atomic mass is 31.2. The molecule has 0 fully saturated rings. The molecule has 0 aliphatic heterocycles. The fourth-order valence-corrected chi connectivity index (χ4v) is 9.56. The van der Waals surface area contributed by atoms with Gasteiger partial charge in [0.1, 0.15) is 19.3 Å². The number of hydrogen-bond donors (Lipinski definition) is 1. The minimum Gasteiger partial charge on any atom is -0.756 e. The van der Waals surface area contributed by atoms with Crippen molar-refractivity contribution in [2.45, 2.75) is 296 Å². The van der Waals surface area contributed by atoms with Crippen LogP contribution in [0.15, 0.2) is 60.8 Å². The second-order valence-corrected chi connectivity index (χ2v) is 23.6. The van der Waals surface area contributed by atoms with Gasteiger partial charge in [-0.25, -0.2) is 0 Å². The molecule has 432 valence electrons. The number of unbranched alkanes of at least 4 members (excludes halogenated alkanes) is 32. The van der Waals surface area contributed by atoms with Crippen LogP contribution in [0.4, 0.5) is 0 Å². The van der Waals surface area contributed by atoms with Crippen molar-refractivity contribution in [2.24, 2.45) is 0 Å². The van der Waals surface area contributed by atoms with Crippen molar-refractivity contribution < 1.29 is 37.3 Å². The minimum atomic E-state index is -4.71. The van der Waals surface area contributed by atoms with Gasteiger partial charge in [0.25, 0.3) is 7.82 Å². The first-order valence-corrected chi connectivity index (χ1v) is 32.6. The molecule has 10 heteroatoms. The van der Waals surface area contributed by atoms with Crippen molar-refractivity contribution in [1.82, 2.24) is 5.32 Å². The molecule has 0 aliphatic carbocycles. The zero-order chi connectivity index (χ0) is 54.3. The Morgan fingerprint density at radius 1 is 0.473 bits per heavy atom. The molecular weight excluding hydrogens is 940 g/mol. The molecule has 1 amide bonds. The van der Waals surface area contributed by atoms with E-state index >= 15 is 0 Å². The van der Waals surface area contributed by atoms with Gasteiger partial charge in [0, 0.05) is 12.8 Å². The predicted octanol–water partition coefficient (Wildman–Crippen LogP) is 18.4. The highest BCUT2D eigenvalue weighted by molar-refractivity contribution is 7.45. The van der Waals surface area contributed by atoms with Gasteiger partial charge in [0.15, 0.2) is 0 Å². The Kier molecular flexibility index (Phi) is 52.4. The molecular formula is C64H119N2O7P. The predicted molar refractivity (Wildman–Crippen MR) is 316 cm³/mol. The lowest BCUT2D eigenvalue weighted by Crippen LogP contribution is -2.47. The summed E-state index contributed by atoms with van der Waals surface area (Å²) in [5.74, 6) is -0.615. The summed E-state index contributed by atoms with van der Waals surface area (Å²) in [6.07, 6.45) is 67.8. The molecule has 74 heavy (non-hydrogen) atoms. The van der Waals surface area contributed by atoms with E-state index in [-0.39, 0.29) is 18.9 Å². The number of allylic oxidation sites excluding steroid dienone is 9. The number of amides is 1. The molecule has 0 aromatic rings. The second kappa shape index (κ2) is 54.1. The number of carbonyl (C=O) groups excluding carboxylic acids is 2. The Bertz CT molecular complexity index is 1450. The molecule has 0 saturated heterocycles. The van der Waals surface area contributed by atoms with E-state index in [1.54, 1.807) is 0 Å². The van der Waals surface area contributed by atoms with E-state index < -0.39 is 32.5 Å². The molecule has 0 aliphatic rings. The fourth-order valence-electron chi connectivity index (χ4n) is 8.84. The van der Waals surface area contributed by atoms with E-state index in [1.807, 2.05) is 39.4 Å². The van der Waals surface area contributed by atoms with Crippen LogP contribution in [-0.4, -0.2) is 69.4 Å². The maximum Gasteiger partial charge on any atom is 0.306 e. The van der Waals surface area contributed by atoms with Gasteiger partial charge in [-0.1, -0.05) is 249 Å². The van der Waals surface area contributed by atoms with Gasteiger partial charge in [0.05, 0.1) is 33.8 Å². The molecule has 0 spiro atoms. The number of likely N-dealkylation sites (N-methyl/N-ethyl adjacent to an activating group) is 1. The maximum absolute atomic E-state index is 13.5. The molecule has 3 atom stereocenters. The molecule has 0 bridgehead atoms. The van der Waals surface area contributed by atoms with Gasteiger partial charge >= 0.3 is 5.97 Å². The Morgan fingerprint density at radius 3 is 1.27 bits per heavy atom. The zero-order valence-electron chi connectivity index (χ0n) is 49.3. The van der Waals surface area contributed by atoms with Crippen molar-refractivity contribution in [3.63, 3.8) is 0 Å². The number of quaternary nitrogens is 1. The molecule has 0 aromatic heterocycles. The first-order chi connectivity index (χ1) is 35.9. The summed E-state index contributed by atoms with van der Waals surface area (Å²) in [6, 6.07) is -0.911. The van der Waals surface area contributed by atoms with Gasteiger partial charge in [-0.3, -0.25) is 14.2 Å². The quantitative estimate of drug-likeness (QED) is 0.0212. The third-order valence-corrected chi connectivity index (χ3v) is 14.6. The van der Waals surface area contributed by atoms with E-state index in [0.29, 0.717) is 23.9 Å². The highest BCUT2D eigenvalue weighted by Gasteiger charge is 2.27. The molecule has 3 unspecified atom stereocenters. The maximum atomic E-state index is 13.5. The number of ether oxygens (including phenoxy) is 1. The summed E-state index contributed by atoms with van der Waals surface area (Å²) in [5.41, 5.74) is 0. The third-order valence-electron chi connectivity index (χ3n) is 13.7. The largest absolute Gasteiger partial charge is 0.756 e. The minimum absolute atomic E-state index is 0.0303. The zero-order valence-corrected chi connectivity index (χ0v) is 50.2. The van der Waals surface area contributed by atoms with Crippen LogP contribution in [0.1, 0.15) is 284 Å². The monoisotopic (exact) mass is 1060 g/mol.